The summed E-state index contributed by atoms with van der Waals surface area (Å²) in [5.74, 6) is 4.93. The van der Waals surface area contributed by atoms with Crippen LogP contribution in [0, 0.1) is 51.9 Å². The maximum Gasteiger partial charge on any atom is 0.185 e. The van der Waals surface area contributed by atoms with Gasteiger partial charge in [0, 0.05) is 101 Å². The van der Waals surface area contributed by atoms with Gasteiger partial charge in [0.2, 0.25) is 0 Å². The van der Waals surface area contributed by atoms with Crippen molar-refractivity contribution < 1.29 is 105 Å². The number of aliphatic hydroxyl groups is 4. The van der Waals surface area contributed by atoms with E-state index in [1.54, 1.807) is 4.80 Å². The standard InChI is InChI=1S/2C15H20N5.C14H19N5P.C14H18N5.4C2H6.4CH5NO.CH5P.H3N.4W/c1-12-11-19(2)10-9-15(12,13-7-5-4-6-8-13)14-16-17-18-20(14)3;1-12-11-19(2)10-9-15(12,13-7-5-4-6-8-13)14-16-18-20(3)17-14;1-11-10-18(2)9-8-14(11,12-6-4-3-5-7-12)13-15-17-19(20)16-13;1-11-10-19(2)9-8-14(11,13-15-17-18-16-13)12-6-4-3-5-7-12;4*1-2;4*2-1-3;1-2;;;;;/h2*4-8,12H,2,9-11H2,1,3H3;3-7,11H,2,8-10,20H2,1H3;3-7,11H,2,8-10H2,1H3,(H,15,16,17,18);4*1-2H3;4*3H,1-2H2;2H2,1H3;1H3;;;;/q4*-1;;;;;;;;;;;;;;. The first-order chi connectivity index (χ1) is 48.8. The average molecular weight is 2190 g/mol. The summed E-state index contributed by atoms with van der Waals surface area (Å²) >= 11 is 0. The molecule has 8 heterocycles. The van der Waals surface area contributed by atoms with E-state index in [1.807, 2.05) is 105 Å². The van der Waals surface area contributed by atoms with Gasteiger partial charge in [0.25, 0.3) is 0 Å². The van der Waals surface area contributed by atoms with Gasteiger partial charge in [0.15, 0.2) is 23.3 Å². The van der Waals surface area contributed by atoms with Gasteiger partial charge in [-0.15, -0.1) is 44.9 Å². The van der Waals surface area contributed by atoms with E-state index in [2.05, 4.69) is 281 Å². The normalized spacial score (nSPS) is 21.7. The van der Waals surface area contributed by atoms with Crippen molar-refractivity contribution in [1.82, 2.24) is 107 Å². The number of aromatic nitrogens is 16. The molecule has 0 bridgehead atoms. The third-order valence-electron chi connectivity index (χ3n) is 17.4. The Morgan fingerprint density at radius 1 is 0.434 bits per heavy atom. The first-order valence-corrected chi connectivity index (χ1v) is 36.5. The molecule has 8 aromatic rings. The average Bonchev–Trinajstić information content (AvgIpc) is 1.37. The zero-order valence-electron chi connectivity index (χ0n) is 65.6. The first kappa shape index (κ1) is 113. The minimum Gasteiger partial charge on any atom is -0.459 e. The molecule has 0 radical (unpaired) electrons. The molecule has 4 aromatic heterocycles. The van der Waals surface area contributed by atoms with E-state index >= 15 is 0 Å². The van der Waals surface area contributed by atoms with E-state index in [4.69, 9.17) is 20.4 Å². The number of nitrogens with two attached hydrogens (primary N) is 4. The smallest absolute Gasteiger partial charge is 0.185 e. The largest absolute Gasteiger partial charge is 0.459 e. The number of benzene rings is 4. The molecule has 10 atom stereocenters. The fourth-order valence-electron chi connectivity index (χ4n) is 13.2. The number of nitrogens with zero attached hydrogens (tertiary/aromatic N) is 19. The number of rotatable bonds is 8. The Morgan fingerprint density at radius 2 is 0.708 bits per heavy atom. The Morgan fingerprint density at radius 3 is 0.943 bits per heavy atom. The number of piperidine rings is 4. The van der Waals surface area contributed by atoms with Crippen molar-refractivity contribution in [3.05, 3.63) is 195 Å². The molecule has 0 spiro atoms. The van der Waals surface area contributed by atoms with Gasteiger partial charge in [-0.1, -0.05) is 216 Å². The van der Waals surface area contributed by atoms with Crippen LogP contribution in [0.4, 0.5) is 0 Å². The molecular formula is C71H129N25O4P2W4-4. The molecular weight excluding hydrogens is 2060 g/mol. The van der Waals surface area contributed by atoms with Gasteiger partial charge in [0.05, 0.1) is 55.6 Å². The van der Waals surface area contributed by atoms with Crippen LogP contribution in [0.2, 0.25) is 0 Å². The van der Waals surface area contributed by atoms with Gasteiger partial charge in [-0.3, -0.25) is 28.2 Å². The molecule has 0 aliphatic carbocycles. The first-order valence-electron chi connectivity index (χ1n) is 34.8. The summed E-state index contributed by atoms with van der Waals surface area (Å²) in [7, 11) is 24.9. The van der Waals surface area contributed by atoms with Crippen molar-refractivity contribution in [3.8, 4) is 0 Å². The molecule has 4 aliphatic rings. The molecule has 16 N–H and O–H groups in total. The van der Waals surface area contributed by atoms with Gasteiger partial charge < -0.3 is 69.1 Å². The van der Waals surface area contributed by atoms with E-state index in [1.165, 1.54) is 26.8 Å². The third-order valence-corrected chi connectivity index (χ3v) is 17.7. The number of hydrogen-bond donors (Lipinski definition) is 10. The molecule has 0 saturated carbocycles. The van der Waals surface area contributed by atoms with Gasteiger partial charge >= 0.3 is 0 Å². The summed E-state index contributed by atoms with van der Waals surface area (Å²) in [6, 6.07) is 42.2. The van der Waals surface area contributed by atoms with E-state index in [-0.39, 0.29) is 139 Å². The zero-order chi connectivity index (χ0) is 76.6. The van der Waals surface area contributed by atoms with Crippen molar-refractivity contribution in [2.75, 3.05) is 85.9 Å². The fraction of sp³-hybridized carbons (Fsp3) is 0.549. The monoisotopic (exact) mass is 2190 g/mol. The van der Waals surface area contributed by atoms with Crippen molar-refractivity contribution in [1.29, 1.82) is 0 Å². The number of aliphatic hydroxyl groups excluding tert-OH is 4. The van der Waals surface area contributed by atoms with Crippen LogP contribution in [-0.4, -0.2) is 207 Å². The maximum absolute atomic E-state index is 7.35. The van der Waals surface area contributed by atoms with E-state index < -0.39 is 0 Å². The van der Waals surface area contributed by atoms with E-state index in [9.17, 15) is 0 Å². The number of hydrogen-bond acceptors (Lipinski definition) is 25. The van der Waals surface area contributed by atoms with Crippen LogP contribution in [0.1, 0.15) is 154 Å². The third kappa shape index (κ3) is 32.2. The Hall–Kier alpha value is -3.75. The molecule has 29 nitrogen and oxygen atoms in total. The summed E-state index contributed by atoms with van der Waals surface area (Å²) < 4.78 is 3.27. The number of aryl methyl sites for hydroxylation is 2. The summed E-state index contributed by atoms with van der Waals surface area (Å²) in [6.07, 6.45) is 3.86. The maximum atomic E-state index is 7.35. The zero-order valence-corrected chi connectivity index (χ0v) is 79.6. The van der Waals surface area contributed by atoms with Crippen molar-refractivity contribution >= 4 is 18.6 Å². The van der Waals surface area contributed by atoms with Crippen LogP contribution in [0.25, 0.3) is 0 Å². The van der Waals surface area contributed by atoms with Crippen molar-refractivity contribution in [2.45, 2.75) is 130 Å². The summed E-state index contributed by atoms with van der Waals surface area (Å²) in [4.78, 5) is 10.0. The van der Waals surface area contributed by atoms with Gasteiger partial charge in [0.1, 0.15) is 0 Å². The number of H-pyrrole nitrogens is 1. The Labute approximate surface area is 696 Å². The Balaban J connectivity index is -0.000000284. The van der Waals surface area contributed by atoms with Crippen LogP contribution < -0.4 is 29.1 Å². The fourth-order valence-corrected chi connectivity index (χ4v) is 13.3. The molecule has 4 aliphatic heterocycles. The number of aromatic amines is 1. The number of nitrogens with one attached hydrogen (secondary N) is 1. The number of tetrazole rings is 4. The molecule has 10 unspecified atom stereocenters. The second kappa shape index (κ2) is 63.8. The Bertz CT molecular complexity index is 3130. The van der Waals surface area contributed by atoms with Gasteiger partial charge in [-0.05, 0) is 145 Å². The molecule has 4 saturated heterocycles. The van der Waals surface area contributed by atoms with E-state index in [0.29, 0.717) is 23.7 Å². The summed E-state index contributed by atoms with van der Waals surface area (Å²) in [5.41, 5.74) is 22.1. The quantitative estimate of drug-likeness (QED) is 0.0418. The molecule has 106 heavy (non-hydrogen) atoms. The van der Waals surface area contributed by atoms with Crippen LogP contribution in [-0.2, 0) is 120 Å². The van der Waals surface area contributed by atoms with Crippen LogP contribution in [0.5, 0.6) is 0 Å². The van der Waals surface area contributed by atoms with Crippen molar-refractivity contribution in [3.63, 3.8) is 0 Å². The molecule has 0 amide bonds. The predicted octanol–water partition coefficient (Wildman–Crippen LogP) is 6.94. The van der Waals surface area contributed by atoms with Crippen molar-refractivity contribution in [2.24, 2.45) is 60.7 Å². The summed E-state index contributed by atoms with van der Waals surface area (Å²) in [6.45, 7) is 33.4. The summed E-state index contributed by atoms with van der Waals surface area (Å²) in [5, 5.41) is 82.2. The molecule has 4 fully saturated rings. The van der Waals surface area contributed by atoms with Gasteiger partial charge in [-0.2, -0.15) is 14.6 Å². The molecule has 12 rings (SSSR count). The molecule has 4 aromatic carbocycles. The van der Waals surface area contributed by atoms with E-state index in [0.717, 1.165) is 101 Å². The molecule has 35 heteroatoms. The second-order valence-electron chi connectivity index (χ2n) is 22.9. The Kier molecular flexibility index (Phi) is 68.2. The van der Waals surface area contributed by atoms with Crippen LogP contribution >= 0.6 is 18.6 Å². The minimum absolute atomic E-state index is 0. The SMILES string of the molecule is CC.CC.CC.CC.CP.N.NCO.NCO.NCO.NCO.[CH2-]N1CCC(c2ccccc2)(c2nn[nH]n2)C(C)C1.[CH2-]N1CCC(c2ccccc2)(c2nnn(C)n2)C(C)C1.[CH2-]N1CCC(c2ccccc2)(c2nnn(P)n2)C(C)C1.[CH2-]N1CCC(c2ccccc2)(c2nnnn2C)C(C)C1.[W].[W].[W].[W]. The van der Waals surface area contributed by atoms with Crippen LogP contribution in [0.3, 0.4) is 0 Å². The van der Waals surface area contributed by atoms with Crippen LogP contribution in [0.15, 0.2) is 121 Å². The number of likely N-dealkylation sites (tertiary alicyclic amines) is 4. The van der Waals surface area contributed by atoms with Gasteiger partial charge in [-0.25, -0.2) is 4.68 Å². The topological polar surface area (TPSA) is 418 Å². The second-order valence-corrected chi connectivity index (χ2v) is 23.4. The predicted molar refractivity (Wildman–Crippen MR) is 418 cm³/mol. The minimum atomic E-state index is -0.250. The molecule has 600 valence electrons.